The molecule has 0 saturated carbocycles. The Labute approximate surface area is 184 Å². The molecule has 0 spiro atoms. The molecule has 0 atom stereocenters. The lowest BCUT2D eigenvalue weighted by molar-refractivity contribution is -0.118. The highest BCUT2D eigenvalue weighted by Gasteiger charge is 2.12. The van der Waals surface area contributed by atoms with E-state index in [4.69, 9.17) is 9.47 Å². The number of halogens is 1. The quantitative estimate of drug-likeness (QED) is 0.188. The van der Waals surface area contributed by atoms with Crippen molar-refractivity contribution in [1.29, 1.82) is 0 Å². The number of ether oxygens (including phenoxy) is 2. The number of nitrogens with zero attached hydrogens (tertiary/aromatic N) is 3. The number of aromatic nitrogens is 2. The van der Waals surface area contributed by atoms with Crippen LogP contribution in [-0.2, 0) is 9.53 Å². The standard InChI is InChI=1S/C22H22FN5O4/c1-3-20(29)28(30)17-6-4-5-16(13-17)25-21-19(23)14-24-22(27-21)26-15-7-9-18(10-8-15)32-12-11-31-2/h3-10,13-14,30H,1,11-12H2,2H3,(H2,24,25,26,27). The van der Waals surface area contributed by atoms with E-state index in [0.29, 0.717) is 35.4 Å². The second kappa shape index (κ2) is 10.8. The van der Waals surface area contributed by atoms with Gasteiger partial charge in [-0.3, -0.25) is 10.0 Å². The smallest absolute Gasteiger partial charge is 0.274 e. The maximum atomic E-state index is 14.3. The fourth-order valence-corrected chi connectivity index (χ4v) is 2.59. The third kappa shape index (κ3) is 6.00. The Bertz CT molecular complexity index is 1080. The first-order valence-electron chi connectivity index (χ1n) is 9.54. The molecular weight excluding hydrogens is 417 g/mol. The molecule has 166 valence electrons. The molecular formula is C22H22FN5O4. The highest BCUT2D eigenvalue weighted by molar-refractivity contribution is 5.99. The van der Waals surface area contributed by atoms with E-state index in [9.17, 15) is 14.4 Å². The van der Waals surface area contributed by atoms with Crippen molar-refractivity contribution >= 4 is 34.7 Å². The minimum Gasteiger partial charge on any atom is -0.491 e. The Hall–Kier alpha value is -4.02. The number of hydrogen-bond acceptors (Lipinski definition) is 8. The number of amides is 1. The largest absolute Gasteiger partial charge is 0.491 e. The normalized spacial score (nSPS) is 10.3. The van der Waals surface area contributed by atoms with E-state index in [2.05, 4.69) is 27.2 Å². The van der Waals surface area contributed by atoms with Gasteiger partial charge in [-0.2, -0.15) is 10.0 Å². The zero-order valence-corrected chi connectivity index (χ0v) is 17.3. The summed E-state index contributed by atoms with van der Waals surface area (Å²) in [6, 6.07) is 13.3. The molecule has 0 aliphatic heterocycles. The Morgan fingerprint density at radius 3 is 2.69 bits per heavy atom. The first-order valence-corrected chi connectivity index (χ1v) is 9.54. The summed E-state index contributed by atoms with van der Waals surface area (Å²) in [4.78, 5) is 19.7. The number of nitrogens with one attached hydrogen (secondary N) is 2. The third-order valence-electron chi connectivity index (χ3n) is 4.15. The van der Waals surface area contributed by atoms with Gasteiger partial charge in [-0.05, 0) is 48.5 Å². The summed E-state index contributed by atoms with van der Waals surface area (Å²) in [5.74, 6) is -0.604. The lowest BCUT2D eigenvalue weighted by atomic mass is 10.2. The Morgan fingerprint density at radius 1 is 1.19 bits per heavy atom. The van der Waals surface area contributed by atoms with Crippen LogP contribution in [0.15, 0.2) is 67.4 Å². The SMILES string of the molecule is C=CC(=O)N(O)c1cccc(Nc2nc(Nc3ccc(OCCOC)cc3)ncc2F)c1. The summed E-state index contributed by atoms with van der Waals surface area (Å²) in [7, 11) is 1.60. The molecule has 0 saturated heterocycles. The van der Waals surface area contributed by atoms with Crippen LogP contribution >= 0.6 is 0 Å². The van der Waals surface area contributed by atoms with Crippen molar-refractivity contribution in [2.24, 2.45) is 0 Å². The van der Waals surface area contributed by atoms with E-state index in [-0.39, 0.29) is 17.5 Å². The van der Waals surface area contributed by atoms with Gasteiger partial charge in [0.1, 0.15) is 12.4 Å². The summed E-state index contributed by atoms with van der Waals surface area (Å²) in [6.45, 7) is 4.25. The van der Waals surface area contributed by atoms with Crippen molar-refractivity contribution in [2.45, 2.75) is 0 Å². The number of carbonyl (C=O) groups excluding carboxylic acids is 1. The van der Waals surface area contributed by atoms with Crippen LogP contribution < -0.4 is 20.4 Å². The molecule has 0 radical (unpaired) electrons. The van der Waals surface area contributed by atoms with Crippen LogP contribution in [0.3, 0.4) is 0 Å². The lowest BCUT2D eigenvalue weighted by Crippen LogP contribution is -2.24. The van der Waals surface area contributed by atoms with E-state index >= 15 is 0 Å². The Morgan fingerprint density at radius 2 is 1.97 bits per heavy atom. The summed E-state index contributed by atoms with van der Waals surface area (Å²) in [5.41, 5.74) is 1.27. The van der Waals surface area contributed by atoms with Gasteiger partial charge in [0.2, 0.25) is 5.95 Å². The van der Waals surface area contributed by atoms with Crippen LogP contribution in [0.4, 0.5) is 33.2 Å². The van der Waals surface area contributed by atoms with Crippen LogP contribution in [-0.4, -0.2) is 41.4 Å². The minimum absolute atomic E-state index is 0.0845. The molecule has 9 nitrogen and oxygen atoms in total. The molecule has 0 bridgehead atoms. The number of hydroxylamine groups is 1. The van der Waals surface area contributed by atoms with E-state index in [1.165, 1.54) is 12.1 Å². The van der Waals surface area contributed by atoms with Crippen LogP contribution in [0.5, 0.6) is 5.75 Å². The predicted molar refractivity (Wildman–Crippen MR) is 118 cm³/mol. The average Bonchev–Trinajstić information content (AvgIpc) is 2.81. The van der Waals surface area contributed by atoms with E-state index in [1.54, 1.807) is 43.5 Å². The van der Waals surface area contributed by atoms with Gasteiger partial charge in [-0.1, -0.05) is 12.6 Å². The second-order valence-electron chi connectivity index (χ2n) is 6.41. The van der Waals surface area contributed by atoms with Crippen molar-refractivity contribution in [1.82, 2.24) is 9.97 Å². The van der Waals surface area contributed by atoms with Gasteiger partial charge in [0, 0.05) is 18.5 Å². The number of anilines is 5. The molecule has 0 aliphatic rings. The fourth-order valence-electron chi connectivity index (χ4n) is 2.59. The van der Waals surface area contributed by atoms with E-state index in [1.807, 2.05) is 0 Å². The molecule has 1 heterocycles. The summed E-state index contributed by atoms with van der Waals surface area (Å²) < 4.78 is 24.7. The maximum absolute atomic E-state index is 14.3. The van der Waals surface area contributed by atoms with Crippen LogP contribution in [0.25, 0.3) is 0 Å². The van der Waals surface area contributed by atoms with Crippen molar-refractivity contribution in [2.75, 3.05) is 36.0 Å². The summed E-state index contributed by atoms with van der Waals surface area (Å²) >= 11 is 0. The number of rotatable bonds is 10. The van der Waals surface area contributed by atoms with Crippen LogP contribution in [0.2, 0.25) is 0 Å². The molecule has 3 aromatic rings. The number of hydrogen-bond donors (Lipinski definition) is 3. The summed E-state index contributed by atoms with van der Waals surface area (Å²) in [5, 5.41) is 16.1. The lowest BCUT2D eigenvalue weighted by Gasteiger charge is -2.15. The zero-order valence-electron chi connectivity index (χ0n) is 17.3. The Kier molecular flexibility index (Phi) is 7.68. The van der Waals surface area contributed by atoms with Gasteiger partial charge < -0.3 is 20.1 Å². The van der Waals surface area contributed by atoms with Crippen molar-refractivity contribution in [3.05, 3.63) is 73.2 Å². The monoisotopic (exact) mass is 439 g/mol. The molecule has 0 fully saturated rings. The second-order valence-corrected chi connectivity index (χ2v) is 6.41. The number of methoxy groups -OCH3 is 1. The molecule has 3 N–H and O–H groups in total. The first kappa shape index (κ1) is 22.7. The van der Waals surface area contributed by atoms with Gasteiger partial charge in [-0.25, -0.2) is 9.37 Å². The Balaban J connectivity index is 1.71. The predicted octanol–water partition coefficient (Wildman–Crippen LogP) is 4.04. The first-order chi connectivity index (χ1) is 15.5. The zero-order chi connectivity index (χ0) is 22.9. The highest BCUT2D eigenvalue weighted by atomic mass is 19.1. The molecule has 10 heteroatoms. The van der Waals surface area contributed by atoms with Gasteiger partial charge in [0.15, 0.2) is 11.6 Å². The van der Waals surface area contributed by atoms with Gasteiger partial charge >= 0.3 is 0 Å². The minimum atomic E-state index is -0.697. The van der Waals surface area contributed by atoms with Gasteiger partial charge in [-0.15, -0.1) is 0 Å². The molecule has 2 aromatic carbocycles. The van der Waals surface area contributed by atoms with Crippen LogP contribution in [0.1, 0.15) is 0 Å². The maximum Gasteiger partial charge on any atom is 0.274 e. The van der Waals surface area contributed by atoms with Crippen molar-refractivity contribution in [3.63, 3.8) is 0 Å². The molecule has 1 amide bonds. The van der Waals surface area contributed by atoms with Crippen molar-refractivity contribution < 1.29 is 23.9 Å². The fraction of sp³-hybridized carbons (Fsp3) is 0.136. The average molecular weight is 439 g/mol. The highest BCUT2D eigenvalue weighted by Crippen LogP contribution is 2.24. The van der Waals surface area contributed by atoms with Crippen LogP contribution in [0, 0.1) is 5.82 Å². The number of benzene rings is 2. The molecule has 32 heavy (non-hydrogen) atoms. The van der Waals surface area contributed by atoms with Gasteiger partial charge in [0.05, 0.1) is 18.5 Å². The molecule has 0 aliphatic carbocycles. The van der Waals surface area contributed by atoms with Crippen molar-refractivity contribution in [3.8, 4) is 5.75 Å². The molecule has 1 aromatic heterocycles. The van der Waals surface area contributed by atoms with E-state index < -0.39 is 11.7 Å². The molecule has 0 unspecified atom stereocenters. The third-order valence-corrected chi connectivity index (χ3v) is 4.15. The summed E-state index contributed by atoms with van der Waals surface area (Å²) in [6.07, 6.45) is 2.00. The van der Waals surface area contributed by atoms with Gasteiger partial charge in [0.25, 0.3) is 5.91 Å². The van der Waals surface area contributed by atoms with E-state index in [0.717, 1.165) is 12.3 Å². The number of carbonyl (C=O) groups is 1. The molecule has 3 rings (SSSR count). The topological polar surface area (TPSA) is 109 Å².